The number of rotatable bonds is 4. The summed E-state index contributed by atoms with van der Waals surface area (Å²) < 4.78 is 2.22. The number of fused-ring (bicyclic) bond motifs is 1. The molecule has 3 nitrogen and oxygen atoms in total. The van der Waals surface area contributed by atoms with Crippen molar-refractivity contribution in [2.24, 2.45) is 0 Å². The van der Waals surface area contributed by atoms with Crippen molar-refractivity contribution < 1.29 is 0 Å². The molecule has 0 atom stereocenters. The molecule has 0 amide bonds. The van der Waals surface area contributed by atoms with Crippen molar-refractivity contribution in [1.29, 1.82) is 0 Å². The van der Waals surface area contributed by atoms with E-state index in [-0.39, 0.29) is 0 Å². The van der Waals surface area contributed by atoms with Crippen LogP contribution in [0, 0.1) is 0 Å². The number of hydrogen-bond acceptors (Lipinski definition) is 2. The maximum absolute atomic E-state index is 4.37. The molecule has 0 radical (unpaired) electrons. The number of aromatic nitrogens is 2. The van der Waals surface area contributed by atoms with E-state index in [1.165, 1.54) is 5.52 Å². The maximum atomic E-state index is 4.37. The summed E-state index contributed by atoms with van der Waals surface area (Å²) in [5.41, 5.74) is 2.32. The van der Waals surface area contributed by atoms with Gasteiger partial charge >= 0.3 is 0 Å². The molecule has 0 aliphatic carbocycles. The first-order valence-electron chi connectivity index (χ1n) is 5.32. The zero-order valence-electron chi connectivity index (χ0n) is 9.35. The zero-order chi connectivity index (χ0) is 10.7. The Labute approximate surface area is 90.3 Å². The van der Waals surface area contributed by atoms with Crippen molar-refractivity contribution in [2.75, 3.05) is 20.6 Å². The second-order valence-electron chi connectivity index (χ2n) is 4.08. The molecule has 0 unspecified atom stereocenters. The molecule has 2 rings (SSSR count). The van der Waals surface area contributed by atoms with Gasteiger partial charge in [-0.3, -0.25) is 0 Å². The Balaban J connectivity index is 2.08. The summed E-state index contributed by atoms with van der Waals surface area (Å²) in [7, 11) is 4.21. The first-order valence-corrected chi connectivity index (χ1v) is 5.32. The molecule has 0 N–H and O–H groups in total. The molecule has 0 saturated carbocycles. The van der Waals surface area contributed by atoms with E-state index >= 15 is 0 Å². The average Bonchev–Trinajstić information content (AvgIpc) is 2.62. The number of benzene rings is 1. The Hall–Kier alpha value is -1.35. The highest BCUT2D eigenvalue weighted by atomic mass is 15.1. The fraction of sp³-hybridized carbons (Fsp3) is 0.417. The van der Waals surface area contributed by atoms with E-state index < -0.39 is 0 Å². The molecule has 3 heteroatoms. The summed E-state index contributed by atoms with van der Waals surface area (Å²) >= 11 is 0. The molecule has 0 aliphatic rings. The summed E-state index contributed by atoms with van der Waals surface area (Å²) in [4.78, 5) is 6.57. The third kappa shape index (κ3) is 2.36. The largest absolute Gasteiger partial charge is 0.331 e. The number of aryl methyl sites for hydroxylation is 1. The van der Waals surface area contributed by atoms with E-state index in [0.29, 0.717) is 0 Å². The molecule has 1 aromatic carbocycles. The van der Waals surface area contributed by atoms with Gasteiger partial charge in [-0.05, 0) is 39.2 Å². The van der Waals surface area contributed by atoms with Gasteiger partial charge in [0.25, 0.3) is 0 Å². The molecule has 1 heterocycles. The van der Waals surface area contributed by atoms with Gasteiger partial charge in [-0.25, -0.2) is 4.98 Å². The van der Waals surface area contributed by atoms with E-state index in [1.807, 2.05) is 12.4 Å². The fourth-order valence-electron chi connectivity index (χ4n) is 1.75. The van der Waals surface area contributed by atoms with Crippen molar-refractivity contribution in [3.05, 3.63) is 30.6 Å². The molecule has 0 bridgehead atoms. The predicted molar refractivity (Wildman–Crippen MR) is 62.9 cm³/mol. The minimum atomic E-state index is 1.04. The molecule has 0 fully saturated rings. The number of para-hydroxylation sites is 2. The molecule has 0 saturated heterocycles. The van der Waals surface area contributed by atoms with E-state index in [0.717, 1.165) is 25.0 Å². The van der Waals surface area contributed by atoms with Crippen LogP contribution < -0.4 is 0 Å². The summed E-state index contributed by atoms with van der Waals surface area (Å²) in [6.07, 6.45) is 3.09. The van der Waals surface area contributed by atoms with E-state index in [2.05, 4.69) is 46.7 Å². The smallest absolute Gasteiger partial charge is 0.0958 e. The normalized spacial score (nSPS) is 11.4. The third-order valence-electron chi connectivity index (χ3n) is 2.53. The minimum absolute atomic E-state index is 1.04. The first kappa shape index (κ1) is 10.2. The average molecular weight is 203 g/mol. The van der Waals surface area contributed by atoms with Crippen LogP contribution >= 0.6 is 0 Å². The quantitative estimate of drug-likeness (QED) is 0.757. The lowest BCUT2D eigenvalue weighted by molar-refractivity contribution is 0.387. The Morgan fingerprint density at radius 3 is 2.87 bits per heavy atom. The second kappa shape index (κ2) is 4.45. The van der Waals surface area contributed by atoms with Crippen LogP contribution in [-0.4, -0.2) is 35.1 Å². The SMILES string of the molecule is CN(C)CCCn1cnc2ccccc21. The summed E-state index contributed by atoms with van der Waals surface area (Å²) in [5.74, 6) is 0. The Morgan fingerprint density at radius 2 is 2.07 bits per heavy atom. The summed E-state index contributed by atoms with van der Waals surface area (Å²) in [6, 6.07) is 8.27. The second-order valence-corrected chi connectivity index (χ2v) is 4.08. The van der Waals surface area contributed by atoms with Crippen LogP contribution in [0.15, 0.2) is 30.6 Å². The van der Waals surface area contributed by atoms with Crippen molar-refractivity contribution in [2.45, 2.75) is 13.0 Å². The molecule has 0 spiro atoms. The highest BCUT2D eigenvalue weighted by Gasteiger charge is 2.00. The number of hydrogen-bond donors (Lipinski definition) is 0. The summed E-state index contributed by atoms with van der Waals surface area (Å²) in [6.45, 7) is 2.16. The third-order valence-corrected chi connectivity index (χ3v) is 2.53. The number of imidazole rings is 1. The topological polar surface area (TPSA) is 21.1 Å². The minimum Gasteiger partial charge on any atom is -0.331 e. The van der Waals surface area contributed by atoms with Crippen LogP contribution in [0.4, 0.5) is 0 Å². The van der Waals surface area contributed by atoms with Crippen LogP contribution in [0.5, 0.6) is 0 Å². The Bertz CT molecular complexity index is 431. The highest BCUT2D eigenvalue weighted by Crippen LogP contribution is 2.11. The lowest BCUT2D eigenvalue weighted by atomic mass is 10.3. The van der Waals surface area contributed by atoms with Crippen LogP contribution in [0.3, 0.4) is 0 Å². The van der Waals surface area contributed by atoms with Gasteiger partial charge in [0.05, 0.1) is 17.4 Å². The van der Waals surface area contributed by atoms with Crippen LogP contribution in [-0.2, 0) is 6.54 Å². The summed E-state index contributed by atoms with van der Waals surface area (Å²) in [5, 5.41) is 0. The van der Waals surface area contributed by atoms with E-state index in [1.54, 1.807) is 0 Å². The standard InChI is InChI=1S/C12H17N3/c1-14(2)8-5-9-15-10-13-11-6-3-4-7-12(11)15/h3-4,6-7,10H,5,8-9H2,1-2H3. The van der Waals surface area contributed by atoms with Crippen LogP contribution in [0.2, 0.25) is 0 Å². The molecule has 2 aromatic rings. The van der Waals surface area contributed by atoms with Crippen molar-refractivity contribution >= 4 is 11.0 Å². The van der Waals surface area contributed by atoms with Gasteiger partial charge < -0.3 is 9.47 Å². The monoisotopic (exact) mass is 203 g/mol. The lowest BCUT2D eigenvalue weighted by Crippen LogP contribution is -2.14. The van der Waals surface area contributed by atoms with Gasteiger partial charge in [-0.1, -0.05) is 12.1 Å². The van der Waals surface area contributed by atoms with Crippen molar-refractivity contribution in [1.82, 2.24) is 14.5 Å². The van der Waals surface area contributed by atoms with Crippen LogP contribution in [0.25, 0.3) is 11.0 Å². The molecular formula is C12H17N3. The molecular weight excluding hydrogens is 186 g/mol. The van der Waals surface area contributed by atoms with Crippen LogP contribution in [0.1, 0.15) is 6.42 Å². The Morgan fingerprint density at radius 1 is 1.27 bits per heavy atom. The lowest BCUT2D eigenvalue weighted by Gasteiger charge is -2.09. The molecule has 0 aliphatic heterocycles. The maximum Gasteiger partial charge on any atom is 0.0958 e. The number of nitrogens with zero attached hydrogens (tertiary/aromatic N) is 3. The van der Waals surface area contributed by atoms with Crippen molar-refractivity contribution in [3.8, 4) is 0 Å². The van der Waals surface area contributed by atoms with Gasteiger partial charge in [0.2, 0.25) is 0 Å². The molecule has 15 heavy (non-hydrogen) atoms. The fourth-order valence-corrected chi connectivity index (χ4v) is 1.75. The Kier molecular flexibility index (Phi) is 3.02. The van der Waals surface area contributed by atoms with Gasteiger partial charge in [0.15, 0.2) is 0 Å². The van der Waals surface area contributed by atoms with E-state index in [9.17, 15) is 0 Å². The van der Waals surface area contributed by atoms with Gasteiger partial charge in [0, 0.05) is 6.54 Å². The first-order chi connectivity index (χ1) is 7.27. The molecule has 80 valence electrons. The predicted octanol–water partition coefficient (Wildman–Crippen LogP) is 1.99. The van der Waals surface area contributed by atoms with Gasteiger partial charge in [-0.2, -0.15) is 0 Å². The van der Waals surface area contributed by atoms with Gasteiger partial charge in [0.1, 0.15) is 0 Å². The molecule has 1 aromatic heterocycles. The van der Waals surface area contributed by atoms with Crippen molar-refractivity contribution in [3.63, 3.8) is 0 Å². The zero-order valence-corrected chi connectivity index (χ0v) is 9.35. The van der Waals surface area contributed by atoms with Gasteiger partial charge in [-0.15, -0.1) is 0 Å². The van der Waals surface area contributed by atoms with E-state index in [4.69, 9.17) is 0 Å². The highest BCUT2D eigenvalue weighted by molar-refractivity contribution is 5.74.